The second-order valence-electron chi connectivity index (χ2n) is 13.8. The van der Waals surface area contributed by atoms with Crippen LogP contribution in [0.25, 0.3) is 64.0 Å². The second-order valence-corrected chi connectivity index (χ2v) is 14.8. The maximum Gasteiger partial charge on any atom is 0.0540 e. The van der Waals surface area contributed by atoms with E-state index in [1.54, 1.807) is 0 Å². The third-order valence-electron chi connectivity index (χ3n) is 10.6. The van der Waals surface area contributed by atoms with Gasteiger partial charge in [0, 0.05) is 42.5 Å². The van der Waals surface area contributed by atoms with E-state index in [4.69, 9.17) is 0 Å². The fraction of sp³-hybridized carbons (Fsp3) is 0.0638. The number of hydrogen-bond acceptors (Lipinski definition) is 2. The molecule has 0 unspecified atom stereocenters. The maximum atomic E-state index is 2.47. The van der Waals surface area contributed by atoms with Gasteiger partial charge in [-0.25, -0.2) is 0 Å². The van der Waals surface area contributed by atoms with Gasteiger partial charge >= 0.3 is 0 Å². The minimum atomic E-state index is -0.0563. The molecule has 0 radical (unpaired) electrons. The van der Waals surface area contributed by atoms with E-state index in [1.807, 2.05) is 11.3 Å². The van der Waals surface area contributed by atoms with Crippen LogP contribution >= 0.6 is 11.3 Å². The van der Waals surface area contributed by atoms with E-state index < -0.39 is 0 Å². The van der Waals surface area contributed by atoms with Gasteiger partial charge in [0.15, 0.2) is 0 Å². The Morgan fingerprint density at radius 2 is 1.06 bits per heavy atom. The summed E-state index contributed by atoms with van der Waals surface area (Å²) < 4.78 is 2.63. The molecule has 0 bridgehead atoms. The van der Waals surface area contributed by atoms with E-state index in [2.05, 4.69) is 183 Å². The van der Waals surface area contributed by atoms with Gasteiger partial charge in [0.2, 0.25) is 0 Å². The van der Waals surface area contributed by atoms with Crippen LogP contribution in [0.2, 0.25) is 0 Å². The fourth-order valence-electron chi connectivity index (χ4n) is 8.19. The SMILES string of the molecule is CC1(C)c2ccccc2-c2cc3ccc4ccc(N(c5ccc6sc7ccccc7c6c5)c5ccccc5-c5ccccc5)cc4c3cc21. The molecular weight excluding hydrogens is 611 g/mol. The number of hydrogen-bond donors (Lipinski definition) is 0. The lowest BCUT2D eigenvalue weighted by Gasteiger charge is -2.28. The molecule has 8 aromatic carbocycles. The molecule has 0 fully saturated rings. The molecule has 0 aliphatic heterocycles. The van der Waals surface area contributed by atoms with Crippen molar-refractivity contribution in [2.45, 2.75) is 19.3 Å². The van der Waals surface area contributed by atoms with E-state index in [9.17, 15) is 0 Å². The molecular formula is C47H33NS. The number of rotatable bonds is 4. The first-order chi connectivity index (χ1) is 24.0. The minimum Gasteiger partial charge on any atom is -0.310 e. The lowest BCUT2D eigenvalue weighted by Crippen LogP contribution is -2.14. The zero-order chi connectivity index (χ0) is 32.7. The number of fused-ring (bicyclic) bond motifs is 9. The topological polar surface area (TPSA) is 3.24 Å². The minimum absolute atomic E-state index is 0.0563. The first-order valence-electron chi connectivity index (χ1n) is 17.0. The molecule has 1 aromatic heterocycles. The van der Waals surface area contributed by atoms with Crippen LogP contribution in [0.3, 0.4) is 0 Å². The van der Waals surface area contributed by atoms with E-state index in [0.717, 1.165) is 17.1 Å². The molecule has 0 saturated carbocycles. The molecule has 1 heterocycles. The Morgan fingerprint density at radius 1 is 0.429 bits per heavy atom. The standard InChI is InChI=1S/C47H33NS/c1-47(2)42-17-9-6-15-36(42)40-26-32-21-20-31-22-23-33(27-38(31)39(32)29-43(40)47)48(44-18-10-7-14-35(44)30-12-4-3-5-13-30)34-24-25-46-41(28-34)37-16-8-11-19-45(37)49-46/h3-29H,1-2H3. The zero-order valence-corrected chi connectivity index (χ0v) is 28.3. The number of anilines is 3. The van der Waals surface area contributed by atoms with E-state index in [-0.39, 0.29) is 5.41 Å². The van der Waals surface area contributed by atoms with Gasteiger partial charge in [-0.3, -0.25) is 0 Å². The summed E-state index contributed by atoms with van der Waals surface area (Å²) in [6.07, 6.45) is 0. The quantitative estimate of drug-likeness (QED) is 0.173. The largest absolute Gasteiger partial charge is 0.310 e. The van der Waals surface area contributed by atoms with Crippen LogP contribution in [0.15, 0.2) is 164 Å². The van der Waals surface area contributed by atoms with Gasteiger partial charge in [-0.05, 0) is 104 Å². The van der Waals surface area contributed by atoms with Crippen molar-refractivity contribution in [3.05, 3.63) is 175 Å². The van der Waals surface area contributed by atoms with Crippen molar-refractivity contribution in [3.8, 4) is 22.3 Å². The van der Waals surface area contributed by atoms with Crippen LogP contribution < -0.4 is 4.90 Å². The van der Waals surface area contributed by atoms with Gasteiger partial charge in [-0.15, -0.1) is 11.3 Å². The second kappa shape index (κ2) is 10.7. The van der Waals surface area contributed by atoms with Crippen molar-refractivity contribution in [3.63, 3.8) is 0 Å². The summed E-state index contributed by atoms with van der Waals surface area (Å²) in [7, 11) is 0. The highest BCUT2D eigenvalue weighted by atomic mass is 32.1. The molecule has 9 aromatic rings. The lowest BCUT2D eigenvalue weighted by atomic mass is 9.81. The fourth-order valence-corrected chi connectivity index (χ4v) is 9.27. The van der Waals surface area contributed by atoms with Crippen LogP contribution in [0.1, 0.15) is 25.0 Å². The van der Waals surface area contributed by atoms with Crippen molar-refractivity contribution in [1.29, 1.82) is 0 Å². The smallest absolute Gasteiger partial charge is 0.0540 e. The van der Waals surface area contributed by atoms with Crippen LogP contribution in [0.4, 0.5) is 17.1 Å². The lowest BCUT2D eigenvalue weighted by molar-refractivity contribution is 0.661. The van der Waals surface area contributed by atoms with E-state index in [0.29, 0.717) is 0 Å². The highest BCUT2D eigenvalue weighted by Gasteiger charge is 2.35. The molecule has 0 saturated heterocycles. The Labute approximate surface area is 290 Å². The van der Waals surface area contributed by atoms with Crippen LogP contribution in [0.5, 0.6) is 0 Å². The van der Waals surface area contributed by atoms with Gasteiger partial charge < -0.3 is 4.90 Å². The van der Waals surface area contributed by atoms with E-state index >= 15 is 0 Å². The third kappa shape index (κ3) is 4.31. The molecule has 10 rings (SSSR count). The normalized spacial score (nSPS) is 13.3. The van der Waals surface area contributed by atoms with Crippen molar-refractivity contribution >= 4 is 70.1 Å². The zero-order valence-electron chi connectivity index (χ0n) is 27.4. The third-order valence-corrected chi connectivity index (χ3v) is 11.8. The van der Waals surface area contributed by atoms with Crippen molar-refractivity contribution in [2.75, 3.05) is 4.90 Å². The van der Waals surface area contributed by atoms with Crippen LogP contribution in [-0.2, 0) is 5.41 Å². The highest BCUT2D eigenvalue weighted by molar-refractivity contribution is 7.25. The number of nitrogens with zero attached hydrogens (tertiary/aromatic N) is 1. The monoisotopic (exact) mass is 643 g/mol. The predicted molar refractivity (Wildman–Crippen MR) is 212 cm³/mol. The summed E-state index contributed by atoms with van der Waals surface area (Å²) in [5.74, 6) is 0. The Kier molecular flexibility index (Phi) is 6.16. The van der Waals surface area contributed by atoms with Gasteiger partial charge in [0.1, 0.15) is 0 Å². The molecule has 1 aliphatic rings. The molecule has 1 aliphatic carbocycles. The predicted octanol–water partition coefficient (Wildman–Crippen LogP) is 13.8. The van der Waals surface area contributed by atoms with Crippen molar-refractivity contribution in [2.24, 2.45) is 0 Å². The van der Waals surface area contributed by atoms with Gasteiger partial charge in [-0.1, -0.05) is 123 Å². The summed E-state index contributed by atoms with van der Waals surface area (Å²) in [6, 6.07) is 60.7. The molecule has 0 amide bonds. The number of para-hydroxylation sites is 1. The number of thiophene rings is 1. The average Bonchev–Trinajstić information content (AvgIpc) is 3.63. The van der Waals surface area contributed by atoms with Gasteiger partial charge in [-0.2, -0.15) is 0 Å². The maximum absolute atomic E-state index is 2.47. The molecule has 49 heavy (non-hydrogen) atoms. The van der Waals surface area contributed by atoms with Gasteiger partial charge in [0.05, 0.1) is 5.69 Å². The Bertz CT molecular complexity index is 2750. The van der Waals surface area contributed by atoms with Crippen LogP contribution in [0, 0.1) is 0 Å². The summed E-state index contributed by atoms with van der Waals surface area (Å²) >= 11 is 1.86. The summed E-state index contributed by atoms with van der Waals surface area (Å²) in [6.45, 7) is 4.74. The highest BCUT2D eigenvalue weighted by Crippen LogP contribution is 2.51. The van der Waals surface area contributed by atoms with Crippen molar-refractivity contribution < 1.29 is 0 Å². The summed E-state index contributed by atoms with van der Waals surface area (Å²) in [4.78, 5) is 2.46. The average molecular weight is 644 g/mol. The van der Waals surface area contributed by atoms with Gasteiger partial charge in [0.25, 0.3) is 0 Å². The summed E-state index contributed by atoms with van der Waals surface area (Å²) in [5.41, 5.74) is 11.3. The number of benzene rings is 8. The molecule has 0 atom stereocenters. The Hall–Kier alpha value is -5.70. The first kappa shape index (κ1) is 28.3. The molecule has 1 nitrogen and oxygen atoms in total. The first-order valence-corrected chi connectivity index (χ1v) is 17.8. The summed E-state index contributed by atoms with van der Waals surface area (Å²) in [5, 5.41) is 7.70. The molecule has 2 heteroatoms. The van der Waals surface area contributed by atoms with Crippen molar-refractivity contribution in [1.82, 2.24) is 0 Å². The molecule has 0 N–H and O–H groups in total. The molecule has 232 valence electrons. The Morgan fingerprint density at radius 3 is 1.94 bits per heavy atom. The van der Waals surface area contributed by atoms with E-state index in [1.165, 1.54) is 75.1 Å². The Balaban J connectivity index is 1.23. The van der Waals surface area contributed by atoms with Crippen LogP contribution in [-0.4, -0.2) is 0 Å². The molecule has 0 spiro atoms.